The molecule has 29 heavy (non-hydrogen) atoms. The molecule has 0 aromatic heterocycles. The third-order valence-electron chi connectivity index (χ3n) is 4.62. The van der Waals surface area contributed by atoms with E-state index in [0.717, 1.165) is 30.9 Å². The monoisotopic (exact) mass is 456 g/mol. The van der Waals surface area contributed by atoms with Crippen LogP contribution in [0.2, 0.25) is 10.0 Å². The number of nitrogens with one attached hydrogen (secondary N) is 1. The molecule has 2 amide bonds. The molecule has 1 saturated heterocycles. The van der Waals surface area contributed by atoms with E-state index in [9.17, 15) is 14.0 Å². The molecule has 0 aliphatic carbocycles. The van der Waals surface area contributed by atoms with Crippen LogP contribution in [0.15, 0.2) is 36.4 Å². The van der Waals surface area contributed by atoms with Crippen LogP contribution in [-0.2, 0) is 0 Å². The van der Waals surface area contributed by atoms with Gasteiger partial charge in [-0.2, -0.15) is 0 Å². The smallest absolute Gasteiger partial charge is 0.264 e. The van der Waals surface area contributed by atoms with Gasteiger partial charge in [0.15, 0.2) is 0 Å². The standard InChI is InChI=1S/C20H19Cl2FN2O3S/c1-29-24-19(26)15-9-16(22)18(10-17(15)23)28-11-14-3-2-8-25(14)20(27)12-4-6-13(21)7-5-12/h4-7,9-10,14H,2-3,8,11H2,1H3,(H,24,26). The van der Waals surface area contributed by atoms with Crippen LogP contribution < -0.4 is 9.46 Å². The van der Waals surface area contributed by atoms with E-state index in [1.807, 2.05) is 0 Å². The molecule has 1 heterocycles. The number of likely N-dealkylation sites (tertiary alicyclic amines) is 1. The summed E-state index contributed by atoms with van der Waals surface area (Å²) in [5.74, 6) is -1.26. The third kappa shape index (κ3) is 5.15. The number of nitrogens with zero attached hydrogens (tertiary/aromatic N) is 1. The Bertz CT molecular complexity index is 911. The summed E-state index contributed by atoms with van der Waals surface area (Å²) in [7, 11) is 0. The van der Waals surface area contributed by atoms with Gasteiger partial charge in [0.1, 0.15) is 18.2 Å². The maximum atomic E-state index is 14.3. The normalized spacial score (nSPS) is 16.0. The van der Waals surface area contributed by atoms with E-state index in [1.165, 1.54) is 6.07 Å². The van der Waals surface area contributed by atoms with Gasteiger partial charge in [0.25, 0.3) is 11.8 Å². The third-order valence-corrected chi connectivity index (χ3v) is 5.56. The highest BCUT2D eigenvalue weighted by atomic mass is 35.5. The SMILES string of the molecule is CSNC(=O)c1cc(Cl)c(OCC2CCCN2C(=O)c2ccc(Cl)cc2)cc1F. The molecule has 0 saturated carbocycles. The predicted molar refractivity (Wildman–Crippen MR) is 113 cm³/mol. The molecule has 1 aliphatic heterocycles. The summed E-state index contributed by atoms with van der Waals surface area (Å²) in [5.41, 5.74) is 0.395. The average Bonchev–Trinajstić information content (AvgIpc) is 3.17. The van der Waals surface area contributed by atoms with Gasteiger partial charge in [0.05, 0.1) is 16.6 Å². The second kappa shape index (κ2) is 9.69. The zero-order valence-corrected chi connectivity index (χ0v) is 17.9. The first-order chi connectivity index (χ1) is 13.9. The van der Waals surface area contributed by atoms with Gasteiger partial charge < -0.3 is 9.64 Å². The lowest BCUT2D eigenvalue weighted by atomic mass is 10.1. The number of ether oxygens (including phenoxy) is 1. The van der Waals surface area contributed by atoms with E-state index >= 15 is 0 Å². The molecule has 1 N–H and O–H groups in total. The van der Waals surface area contributed by atoms with Crippen LogP contribution in [0.25, 0.3) is 0 Å². The fraction of sp³-hybridized carbons (Fsp3) is 0.300. The van der Waals surface area contributed by atoms with Crippen molar-refractivity contribution in [3.63, 3.8) is 0 Å². The highest BCUT2D eigenvalue weighted by molar-refractivity contribution is 7.97. The molecule has 3 rings (SSSR count). The predicted octanol–water partition coefficient (Wildman–Crippen LogP) is 4.82. The molecule has 2 aromatic rings. The number of rotatable bonds is 6. The summed E-state index contributed by atoms with van der Waals surface area (Å²) in [5, 5.41) is 0.695. The number of carbonyl (C=O) groups is 2. The number of carbonyl (C=O) groups excluding carboxylic acids is 2. The highest BCUT2D eigenvalue weighted by Gasteiger charge is 2.30. The van der Waals surface area contributed by atoms with Crippen molar-refractivity contribution in [2.24, 2.45) is 0 Å². The van der Waals surface area contributed by atoms with E-state index in [-0.39, 0.29) is 34.9 Å². The zero-order chi connectivity index (χ0) is 21.0. The average molecular weight is 457 g/mol. The summed E-state index contributed by atoms with van der Waals surface area (Å²) in [6.07, 6.45) is 3.28. The summed E-state index contributed by atoms with van der Waals surface area (Å²) in [4.78, 5) is 26.4. The van der Waals surface area contributed by atoms with Crippen LogP contribution in [0, 0.1) is 5.82 Å². The van der Waals surface area contributed by atoms with Gasteiger partial charge in [-0.1, -0.05) is 35.1 Å². The van der Waals surface area contributed by atoms with Gasteiger partial charge in [-0.05, 0) is 43.2 Å². The lowest BCUT2D eigenvalue weighted by molar-refractivity contribution is 0.0691. The molecule has 1 unspecified atom stereocenters. The van der Waals surface area contributed by atoms with Crippen molar-refractivity contribution >= 4 is 47.0 Å². The number of amides is 2. The number of hydrogen-bond donors (Lipinski definition) is 1. The first-order valence-electron chi connectivity index (χ1n) is 8.92. The molecule has 9 heteroatoms. The topological polar surface area (TPSA) is 58.6 Å². The van der Waals surface area contributed by atoms with E-state index < -0.39 is 11.7 Å². The van der Waals surface area contributed by atoms with Gasteiger partial charge in [-0.25, -0.2) is 4.39 Å². The van der Waals surface area contributed by atoms with Crippen molar-refractivity contribution in [2.45, 2.75) is 18.9 Å². The fourth-order valence-corrected chi connectivity index (χ4v) is 3.82. The molecule has 5 nitrogen and oxygen atoms in total. The summed E-state index contributed by atoms with van der Waals surface area (Å²) in [6, 6.07) is 8.90. The molecular formula is C20H19Cl2FN2O3S. The summed E-state index contributed by atoms with van der Waals surface area (Å²) < 4.78 is 22.4. The lowest BCUT2D eigenvalue weighted by Crippen LogP contribution is -2.39. The molecule has 1 fully saturated rings. The maximum Gasteiger partial charge on any atom is 0.264 e. The molecule has 2 aromatic carbocycles. The Hall–Kier alpha value is -1.96. The quantitative estimate of drug-likeness (QED) is 0.632. The van der Waals surface area contributed by atoms with Gasteiger partial charge in [0, 0.05) is 29.5 Å². The second-order valence-electron chi connectivity index (χ2n) is 6.51. The molecule has 0 bridgehead atoms. The van der Waals surface area contributed by atoms with Crippen LogP contribution in [0.4, 0.5) is 4.39 Å². The summed E-state index contributed by atoms with van der Waals surface area (Å²) >= 11 is 13.1. The van der Waals surface area contributed by atoms with Crippen molar-refractivity contribution < 1.29 is 18.7 Å². The van der Waals surface area contributed by atoms with Crippen molar-refractivity contribution in [3.8, 4) is 5.75 Å². The van der Waals surface area contributed by atoms with E-state index in [0.29, 0.717) is 17.1 Å². The zero-order valence-electron chi connectivity index (χ0n) is 15.6. The van der Waals surface area contributed by atoms with E-state index in [1.54, 1.807) is 35.4 Å². The Morgan fingerprint density at radius 2 is 2.00 bits per heavy atom. The number of benzene rings is 2. The number of hydrogen-bond acceptors (Lipinski definition) is 4. The fourth-order valence-electron chi connectivity index (χ4n) is 3.18. The van der Waals surface area contributed by atoms with Crippen molar-refractivity contribution in [1.29, 1.82) is 0 Å². The molecule has 1 atom stereocenters. The Morgan fingerprint density at radius 3 is 2.69 bits per heavy atom. The Kier molecular flexibility index (Phi) is 7.27. The van der Waals surface area contributed by atoms with Crippen LogP contribution in [0.5, 0.6) is 5.75 Å². The Labute approximate surface area is 182 Å². The minimum Gasteiger partial charge on any atom is -0.490 e. The molecule has 154 valence electrons. The van der Waals surface area contributed by atoms with Gasteiger partial charge in [-0.3, -0.25) is 14.3 Å². The molecule has 1 aliphatic rings. The van der Waals surface area contributed by atoms with Gasteiger partial charge >= 0.3 is 0 Å². The Morgan fingerprint density at radius 1 is 1.28 bits per heavy atom. The number of halogens is 3. The maximum absolute atomic E-state index is 14.3. The van der Waals surface area contributed by atoms with Crippen LogP contribution in [-0.4, -0.2) is 42.2 Å². The van der Waals surface area contributed by atoms with E-state index in [2.05, 4.69) is 4.72 Å². The van der Waals surface area contributed by atoms with Crippen LogP contribution in [0.1, 0.15) is 33.6 Å². The first kappa shape index (κ1) is 21.7. The van der Waals surface area contributed by atoms with Gasteiger partial charge in [0.2, 0.25) is 0 Å². The van der Waals surface area contributed by atoms with Gasteiger partial charge in [-0.15, -0.1) is 0 Å². The highest BCUT2D eigenvalue weighted by Crippen LogP contribution is 2.29. The van der Waals surface area contributed by atoms with Crippen molar-refractivity contribution in [1.82, 2.24) is 9.62 Å². The second-order valence-corrected chi connectivity index (χ2v) is 7.97. The van der Waals surface area contributed by atoms with Crippen LogP contribution in [0.3, 0.4) is 0 Å². The lowest BCUT2D eigenvalue weighted by Gasteiger charge is -2.25. The summed E-state index contributed by atoms with van der Waals surface area (Å²) in [6.45, 7) is 0.792. The largest absolute Gasteiger partial charge is 0.490 e. The minimum absolute atomic E-state index is 0.103. The van der Waals surface area contributed by atoms with Crippen molar-refractivity contribution in [3.05, 3.63) is 63.4 Å². The first-order valence-corrected chi connectivity index (χ1v) is 10.9. The molecule has 0 spiro atoms. The minimum atomic E-state index is -0.725. The Balaban J connectivity index is 1.68. The molecule has 0 radical (unpaired) electrons. The van der Waals surface area contributed by atoms with Crippen LogP contribution >= 0.6 is 35.1 Å². The van der Waals surface area contributed by atoms with E-state index in [4.69, 9.17) is 27.9 Å². The van der Waals surface area contributed by atoms with Crippen molar-refractivity contribution in [2.75, 3.05) is 19.4 Å². The molecular weight excluding hydrogens is 438 g/mol.